The summed E-state index contributed by atoms with van der Waals surface area (Å²) in [5.41, 5.74) is 6.31. The standard InChI is InChI=1S/C17H31N3O/c1-11(20(2)15-6-7-15)10-19-17(21)14-8-12-4-3-5-13(9-14)16(12)18/h11-16H,3-10,18H2,1-2H3,(H,19,21). The molecule has 3 rings (SSSR count). The lowest BCUT2D eigenvalue weighted by Crippen LogP contribution is -2.50. The number of hydrogen-bond acceptors (Lipinski definition) is 3. The minimum Gasteiger partial charge on any atom is -0.354 e. The molecule has 21 heavy (non-hydrogen) atoms. The minimum absolute atomic E-state index is 0.207. The van der Waals surface area contributed by atoms with E-state index in [1.807, 2.05) is 0 Å². The Hall–Kier alpha value is -0.610. The summed E-state index contributed by atoms with van der Waals surface area (Å²) in [4.78, 5) is 14.9. The second kappa shape index (κ2) is 6.25. The molecule has 3 aliphatic rings. The van der Waals surface area contributed by atoms with Crippen molar-refractivity contribution in [3.8, 4) is 0 Å². The van der Waals surface area contributed by atoms with Gasteiger partial charge in [0.05, 0.1) is 0 Å². The summed E-state index contributed by atoms with van der Waals surface area (Å²) >= 11 is 0. The van der Waals surface area contributed by atoms with Crippen molar-refractivity contribution in [3.63, 3.8) is 0 Å². The Labute approximate surface area is 128 Å². The highest BCUT2D eigenvalue weighted by Gasteiger charge is 2.40. The Morgan fingerprint density at radius 1 is 1.24 bits per heavy atom. The van der Waals surface area contributed by atoms with Gasteiger partial charge in [-0.1, -0.05) is 6.42 Å². The van der Waals surface area contributed by atoms with Crippen LogP contribution in [0, 0.1) is 17.8 Å². The van der Waals surface area contributed by atoms with E-state index < -0.39 is 0 Å². The van der Waals surface area contributed by atoms with Gasteiger partial charge in [0.2, 0.25) is 5.91 Å². The number of nitrogens with zero attached hydrogens (tertiary/aromatic N) is 1. The first-order valence-electron chi connectivity index (χ1n) is 8.81. The summed E-state index contributed by atoms with van der Waals surface area (Å²) in [5.74, 6) is 1.65. The number of carbonyl (C=O) groups is 1. The van der Waals surface area contributed by atoms with E-state index in [4.69, 9.17) is 5.73 Å². The molecule has 2 bridgehead atoms. The lowest BCUT2D eigenvalue weighted by Gasteiger charge is -2.43. The van der Waals surface area contributed by atoms with Crippen molar-refractivity contribution in [2.45, 2.75) is 70.0 Å². The molecule has 0 aliphatic heterocycles. The average molecular weight is 293 g/mol. The Balaban J connectivity index is 1.47. The number of rotatable bonds is 5. The zero-order valence-corrected chi connectivity index (χ0v) is 13.6. The van der Waals surface area contributed by atoms with Crippen LogP contribution in [0.25, 0.3) is 0 Å². The van der Waals surface area contributed by atoms with Gasteiger partial charge in [-0.3, -0.25) is 9.69 Å². The van der Waals surface area contributed by atoms with E-state index in [9.17, 15) is 4.79 Å². The maximum absolute atomic E-state index is 12.5. The topological polar surface area (TPSA) is 58.4 Å². The molecule has 0 spiro atoms. The second-order valence-electron chi connectivity index (χ2n) is 7.69. The normalized spacial score (nSPS) is 37.3. The number of carbonyl (C=O) groups excluding carboxylic acids is 1. The van der Waals surface area contributed by atoms with Crippen LogP contribution in [-0.4, -0.2) is 42.5 Å². The first-order valence-corrected chi connectivity index (χ1v) is 8.81. The van der Waals surface area contributed by atoms with Crippen LogP contribution in [0.1, 0.15) is 51.9 Å². The van der Waals surface area contributed by atoms with E-state index in [0.717, 1.165) is 25.4 Å². The zero-order valence-electron chi connectivity index (χ0n) is 13.6. The smallest absolute Gasteiger partial charge is 0.223 e. The molecule has 1 amide bonds. The fraction of sp³-hybridized carbons (Fsp3) is 0.941. The van der Waals surface area contributed by atoms with Gasteiger partial charge in [0.25, 0.3) is 0 Å². The largest absolute Gasteiger partial charge is 0.354 e. The fourth-order valence-electron chi connectivity index (χ4n) is 4.38. The monoisotopic (exact) mass is 293 g/mol. The number of fused-ring (bicyclic) bond motifs is 2. The van der Waals surface area contributed by atoms with Gasteiger partial charge in [0.1, 0.15) is 0 Å². The molecule has 0 aromatic carbocycles. The van der Waals surface area contributed by atoms with Crippen molar-refractivity contribution < 1.29 is 4.79 Å². The fourth-order valence-corrected chi connectivity index (χ4v) is 4.38. The lowest BCUT2D eigenvalue weighted by atomic mass is 9.65. The second-order valence-corrected chi connectivity index (χ2v) is 7.69. The van der Waals surface area contributed by atoms with Gasteiger partial charge >= 0.3 is 0 Å². The van der Waals surface area contributed by atoms with Crippen LogP contribution in [-0.2, 0) is 4.79 Å². The summed E-state index contributed by atoms with van der Waals surface area (Å²) < 4.78 is 0. The van der Waals surface area contributed by atoms with Crippen molar-refractivity contribution in [2.75, 3.05) is 13.6 Å². The highest BCUT2D eigenvalue weighted by molar-refractivity contribution is 5.78. The quantitative estimate of drug-likeness (QED) is 0.812. The van der Waals surface area contributed by atoms with Gasteiger partial charge in [-0.25, -0.2) is 0 Å². The molecule has 0 saturated heterocycles. The summed E-state index contributed by atoms with van der Waals surface area (Å²) in [6.07, 6.45) is 8.41. The summed E-state index contributed by atoms with van der Waals surface area (Å²) in [5, 5.41) is 3.20. The Bertz CT molecular complexity index is 368. The molecule has 3 saturated carbocycles. The molecular formula is C17H31N3O. The molecular weight excluding hydrogens is 262 g/mol. The lowest BCUT2D eigenvalue weighted by molar-refractivity contribution is -0.128. The first-order chi connectivity index (χ1) is 10.1. The zero-order chi connectivity index (χ0) is 15.0. The van der Waals surface area contributed by atoms with E-state index in [1.165, 1.54) is 32.1 Å². The van der Waals surface area contributed by atoms with Crippen LogP contribution in [0.5, 0.6) is 0 Å². The molecule has 3 fully saturated rings. The number of nitrogens with two attached hydrogens (primary N) is 1. The van der Waals surface area contributed by atoms with Gasteiger partial charge in [-0.2, -0.15) is 0 Å². The van der Waals surface area contributed by atoms with E-state index in [0.29, 0.717) is 23.9 Å². The van der Waals surface area contributed by atoms with Crippen molar-refractivity contribution in [2.24, 2.45) is 23.5 Å². The van der Waals surface area contributed by atoms with Crippen LogP contribution in [0.2, 0.25) is 0 Å². The van der Waals surface area contributed by atoms with Crippen molar-refractivity contribution in [3.05, 3.63) is 0 Å². The predicted octanol–water partition coefficient (Wildman–Crippen LogP) is 1.74. The van der Waals surface area contributed by atoms with Gasteiger partial charge in [0, 0.05) is 30.6 Å². The summed E-state index contributed by atoms with van der Waals surface area (Å²) in [6.45, 7) is 2.99. The number of likely N-dealkylation sites (N-methyl/N-ethyl adjacent to an activating group) is 1. The Kier molecular flexibility index (Phi) is 4.55. The molecule has 4 nitrogen and oxygen atoms in total. The van der Waals surface area contributed by atoms with E-state index in [2.05, 4.69) is 24.2 Å². The maximum atomic E-state index is 12.5. The van der Waals surface area contributed by atoms with Crippen LogP contribution < -0.4 is 11.1 Å². The predicted molar refractivity (Wildman–Crippen MR) is 84.8 cm³/mol. The third kappa shape index (κ3) is 3.42. The summed E-state index contributed by atoms with van der Waals surface area (Å²) in [7, 11) is 2.18. The molecule has 0 radical (unpaired) electrons. The van der Waals surface area contributed by atoms with Crippen LogP contribution >= 0.6 is 0 Å². The van der Waals surface area contributed by atoms with Crippen LogP contribution in [0.15, 0.2) is 0 Å². The molecule has 120 valence electrons. The first kappa shape index (κ1) is 15.3. The Morgan fingerprint density at radius 3 is 2.43 bits per heavy atom. The molecule has 0 aromatic rings. The number of hydrogen-bond donors (Lipinski definition) is 2. The SMILES string of the molecule is CC(CNC(=O)C1CC2CCCC(C1)C2N)N(C)C1CC1. The van der Waals surface area contributed by atoms with Gasteiger partial charge in [0.15, 0.2) is 0 Å². The van der Waals surface area contributed by atoms with E-state index in [-0.39, 0.29) is 11.8 Å². The summed E-state index contributed by atoms with van der Waals surface area (Å²) in [6, 6.07) is 1.54. The molecule has 3 atom stereocenters. The van der Waals surface area contributed by atoms with Crippen molar-refractivity contribution in [1.82, 2.24) is 10.2 Å². The highest BCUT2D eigenvalue weighted by Crippen LogP contribution is 2.41. The average Bonchev–Trinajstić information content (AvgIpc) is 3.27. The van der Waals surface area contributed by atoms with Gasteiger partial charge < -0.3 is 11.1 Å². The molecule has 3 N–H and O–H groups in total. The molecule has 0 heterocycles. The van der Waals surface area contributed by atoms with Crippen LogP contribution in [0.3, 0.4) is 0 Å². The Morgan fingerprint density at radius 2 is 1.86 bits per heavy atom. The van der Waals surface area contributed by atoms with Crippen molar-refractivity contribution >= 4 is 5.91 Å². The van der Waals surface area contributed by atoms with Gasteiger partial charge in [-0.15, -0.1) is 0 Å². The minimum atomic E-state index is 0.207. The third-order valence-corrected chi connectivity index (χ3v) is 6.17. The van der Waals surface area contributed by atoms with Gasteiger partial charge in [-0.05, 0) is 64.3 Å². The molecule has 3 unspecified atom stereocenters. The molecule has 4 heteroatoms. The van der Waals surface area contributed by atoms with E-state index in [1.54, 1.807) is 0 Å². The number of nitrogens with one attached hydrogen (secondary N) is 1. The molecule has 3 aliphatic carbocycles. The number of amides is 1. The highest BCUT2D eigenvalue weighted by atomic mass is 16.1. The maximum Gasteiger partial charge on any atom is 0.223 e. The van der Waals surface area contributed by atoms with Crippen molar-refractivity contribution in [1.29, 1.82) is 0 Å². The third-order valence-electron chi connectivity index (χ3n) is 6.17. The van der Waals surface area contributed by atoms with E-state index >= 15 is 0 Å². The molecule has 0 aromatic heterocycles. The van der Waals surface area contributed by atoms with Crippen LogP contribution in [0.4, 0.5) is 0 Å².